The number of nitrogens with zero attached hydrogens (tertiary/aromatic N) is 3. The van der Waals surface area contributed by atoms with Gasteiger partial charge in [-0.1, -0.05) is 35.5 Å². The molecule has 2 aliphatic heterocycles. The molecule has 0 radical (unpaired) electrons. The smallest absolute Gasteiger partial charge is 0.257 e. The van der Waals surface area contributed by atoms with E-state index >= 15 is 0 Å². The van der Waals surface area contributed by atoms with Crippen LogP contribution in [0.15, 0.2) is 71.4 Å². The average molecular weight is 450 g/mol. The molecule has 1 atom stereocenters. The molecule has 1 unspecified atom stereocenters. The van der Waals surface area contributed by atoms with Gasteiger partial charge in [0.1, 0.15) is 12.4 Å². The molecule has 2 fully saturated rings. The molecule has 33 heavy (non-hydrogen) atoms. The van der Waals surface area contributed by atoms with E-state index in [1.54, 1.807) is 12.0 Å². The Labute approximate surface area is 195 Å². The summed E-state index contributed by atoms with van der Waals surface area (Å²) in [5.74, 6) is 0.725. The van der Waals surface area contributed by atoms with Crippen molar-refractivity contribution in [3.05, 3.63) is 71.8 Å². The second-order valence-electron chi connectivity index (χ2n) is 8.16. The predicted octanol–water partition coefficient (Wildman–Crippen LogP) is 3.82. The molecule has 2 heterocycles. The lowest BCUT2D eigenvalue weighted by Gasteiger charge is -2.43. The maximum atomic E-state index is 13.1. The lowest BCUT2D eigenvalue weighted by Crippen LogP contribution is -2.49. The number of methoxy groups -OCH3 is 1. The van der Waals surface area contributed by atoms with Crippen molar-refractivity contribution in [1.82, 2.24) is 4.90 Å². The van der Waals surface area contributed by atoms with Gasteiger partial charge in [0.25, 0.3) is 5.91 Å². The minimum Gasteiger partial charge on any atom is -0.497 e. The second kappa shape index (κ2) is 11.1. The van der Waals surface area contributed by atoms with Crippen molar-refractivity contribution in [2.75, 3.05) is 51.5 Å². The maximum Gasteiger partial charge on any atom is 0.257 e. The van der Waals surface area contributed by atoms with E-state index < -0.39 is 0 Å². The monoisotopic (exact) mass is 449 g/mol. The van der Waals surface area contributed by atoms with Crippen molar-refractivity contribution in [2.45, 2.75) is 19.4 Å². The number of morpholine rings is 1. The van der Waals surface area contributed by atoms with Crippen LogP contribution in [0, 0.1) is 0 Å². The highest BCUT2D eigenvalue weighted by atomic mass is 16.6. The Morgan fingerprint density at radius 1 is 1.12 bits per heavy atom. The number of rotatable bonds is 9. The number of hydrogen-bond acceptors (Lipinski definition) is 6. The van der Waals surface area contributed by atoms with Crippen LogP contribution in [-0.4, -0.2) is 63.1 Å². The summed E-state index contributed by atoms with van der Waals surface area (Å²) in [7, 11) is 1.63. The van der Waals surface area contributed by atoms with Crippen LogP contribution in [0.5, 0.6) is 5.75 Å². The lowest BCUT2D eigenvalue weighted by molar-refractivity contribution is -0.119. The van der Waals surface area contributed by atoms with Crippen LogP contribution >= 0.6 is 0 Å². The maximum absolute atomic E-state index is 13.1. The van der Waals surface area contributed by atoms with Crippen molar-refractivity contribution in [2.24, 2.45) is 5.16 Å². The Morgan fingerprint density at radius 3 is 2.55 bits per heavy atom. The van der Waals surface area contributed by atoms with E-state index in [0.29, 0.717) is 17.9 Å². The number of allylic oxidation sites excluding steroid dienone is 1. The molecule has 0 saturated carbocycles. The van der Waals surface area contributed by atoms with Gasteiger partial charge < -0.3 is 14.3 Å². The summed E-state index contributed by atoms with van der Waals surface area (Å²) in [4.78, 5) is 22.8. The third-order valence-corrected chi connectivity index (χ3v) is 5.87. The van der Waals surface area contributed by atoms with Crippen LogP contribution in [0.2, 0.25) is 0 Å². The molecule has 2 aromatic rings. The molecule has 0 spiro atoms. The highest BCUT2D eigenvalue weighted by molar-refractivity contribution is 6.18. The average Bonchev–Trinajstić information content (AvgIpc) is 2.86. The van der Waals surface area contributed by atoms with Gasteiger partial charge in [-0.05, 0) is 49.2 Å². The van der Waals surface area contributed by atoms with E-state index in [4.69, 9.17) is 14.3 Å². The van der Waals surface area contributed by atoms with E-state index in [1.807, 2.05) is 67.6 Å². The molecule has 7 nitrogen and oxygen atoms in total. The van der Waals surface area contributed by atoms with Crippen LogP contribution in [0.25, 0.3) is 0 Å². The number of benzene rings is 2. The van der Waals surface area contributed by atoms with Crippen molar-refractivity contribution >= 4 is 17.3 Å². The van der Waals surface area contributed by atoms with Gasteiger partial charge in [-0.2, -0.15) is 0 Å². The van der Waals surface area contributed by atoms with Gasteiger partial charge in [-0.15, -0.1) is 0 Å². The molecule has 7 heteroatoms. The van der Waals surface area contributed by atoms with Crippen molar-refractivity contribution < 1.29 is 19.1 Å². The summed E-state index contributed by atoms with van der Waals surface area (Å²) >= 11 is 0. The van der Waals surface area contributed by atoms with Crippen LogP contribution in [0.3, 0.4) is 0 Å². The van der Waals surface area contributed by atoms with E-state index in [2.05, 4.69) is 10.1 Å². The number of oxime groups is 1. The summed E-state index contributed by atoms with van der Waals surface area (Å²) < 4.78 is 10.6. The van der Waals surface area contributed by atoms with E-state index in [-0.39, 0.29) is 11.9 Å². The first-order valence-corrected chi connectivity index (χ1v) is 11.4. The number of β-lactam (4-membered cyclic amide) rings is 1. The third-order valence-electron chi connectivity index (χ3n) is 5.87. The molecule has 2 saturated heterocycles. The minimum absolute atomic E-state index is 0.0316. The summed E-state index contributed by atoms with van der Waals surface area (Å²) in [6.07, 6.45) is 2.74. The van der Waals surface area contributed by atoms with Crippen LogP contribution in [0.4, 0.5) is 5.69 Å². The van der Waals surface area contributed by atoms with Crippen LogP contribution < -0.4 is 9.64 Å². The first kappa shape index (κ1) is 23.0. The zero-order valence-corrected chi connectivity index (χ0v) is 19.3. The zero-order valence-electron chi connectivity index (χ0n) is 19.3. The number of carbonyl (C=O) groups excluding carboxylic acids is 1. The number of amides is 1. The molecule has 0 N–H and O–H groups in total. The number of carbonyl (C=O) groups is 1. The van der Waals surface area contributed by atoms with Crippen LogP contribution in [-0.2, 0) is 14.4 Å². The molecular formula is C26H31N3O4. The fourth-order valence-electron chi connectivity index (χ4n) is 4.14. The fourth-order valence-corrected chi connectivity index (χ4v) is 4.14. The van der Waals surface area contributed by atoms with Gasteiger partial charge in [0, 0.05) is 30.9 Å². The van der Waals surface area contributed by atoms with Crippen molar-refractivity contribution in [3.8, 4) is 5.75 Å². The van der Waals surface area contributed by atoms with Gasteiger partial charge in [0.2, 0.25) is 0 Å². The topological polar surface area (TPSA) is 63.6 Å². The minimum atomic E-state index is -0.168. The van der Waals surface area contributed by atoms with E-state index in [1.165, 1.54) is 0 Å². The van der Waals surface area contributed by atoms with Crippen LogP contribution in [0.1, 0.15) is 24.9 Å². The SMILES string of the molecule is COc1ccc(N2C(=O)C(=CC(C)=NOCCCN3CCOCC3)C2c2ccccc2)cc1. The Hall–Kier alpha value is -3.16. The molecule has 0 bridgehead atoms. The van der Waals surface area contributed by atoms with Gasteiger partial charge in [-0.3, -0.25) is 14.6 Å². The normalized spacial score (nSPS) is 20.6. The standard InChI is InChI=1S/C26H31N3O4/c1-20(27-33-16-6-13-28-14-17-32-18-15-28)19-24-25(21-7-4-3-5-8-21)29(26(24)30)22-9-11-23(31-2)12-10-22/h3-5,7-12,19,25H,6,13-18H2,1-2H3. The molecule has 1 amide bonds. The Morgan fingerprint density at radius 2 is 1.85 bits per heavy atom. The largest absolute Gasteiger partial charge is 0.497 e. The quantitative estimate of drug-likeness (QED) is 0.191. The Bertz CT molecular complexity index is 982. The fraction of sp³-hybridized carbons (Fsp3) is 0.385. The molecular weight excluding hydrogens is 418 g/mol. The molecule has 2 aliphatic rings. The molecule has 0 aliphatic carbocycles. The third kappa shape index (κ3) is 5.61. The zero-order chi connectivity index (χ0) is 23.0. The summed E-state index contributed by atoms with van der Waals surface area (Å²) in [6.45, 7) is 6.94. The summed E-state index contributed by atoms with van der Waals surface area (Å²) in [5, 5.41) is 4.22. The Kier molecular flexibility index (Phi) is 7.75. The van der Waals surface area contributed by atoms with Gasteiger partial charge in [0.15, 0.2) is 0 Å². The number of ether oxygens (including phenoxy) is 2. The number of anilines is 1. The van der Waals surface area contributed by atoms with Gasteiger partial charge >= 0.3 is 0 Å². The molecule has 0 aromatic heterocycles. The molecule has 4 rings (SSSR count). The van der Waals surface area contributed by atoms with Gasteiger partial charge in [-0.25, -0.2) is 0 Å². The lowest BCUT2D eigenvalue weighted by atomic mass is 9.86. The summed E-state index contributed by atoms with van der Waals surface area (Å²) in [6, 6.07) is 17.4. The highest BCUT2D eigenvalue weighted by Crippen LogP contribution is 2.43. The number of hydrogen-bond donors (Lipinski definition) is 0. The highest BCUT2D eigenvalue weighted by Gasteiger charge is 2.43. The summed E-state index contributed by atoms with van der Waals surface area (Å²) in [5.41, 5.74) is 3.27. The molecule has 174 valence electrons. The van der Waals surface area contributed by atoms with E-state index in [0.717, 1.165) is 56.3 Å². The molecule has 2 aromatic carbocycles. The van der Waals surface area contributed by atoms with Gasteiger partial charge in [0.05, 0.1) is 32.1 Å². The van der Waals surface area contributed by atoms with Crippen molar-refractivity contribution in [1.29, 1.82) is 0 Å². The first-order valence-electron chi connectivity index (χ1n) is 11.4. The predicted molar refractivity (Wildman–Crippen MR) is 129 cm³/mol. The van der Waals surface area contributed by atoms with E-state index in [9.17, 15) is 4.79 Å². The second-order valence-corrected chi connectivity index (χ2v) is 8.16. The van der Waals surface area contributed by atoms with Crippen molar-refractivity contribution in [3.63, 3.8) is 0 Å². The Balaban J connectivity index is 1.42. The first-order chi connectivity index (χ1) is 16.2.